The number of carbonyl (C=O) groups is 2. The third kappa shape index (κ3) is 25.2. The number of aliphatic hydroxyl groups is 3. The molecule has 1 aliphatic heterocycles. The zero-order valence-electron chi connectivity index (χ0n) is 31.9. The molecule has 1 saturated heterocycles. The van der Waals surface area contributed by atoms with Crippen molar-refractivity contribution in [1.29, 1.82) is 0 Å². The van der Waals surface area contributed by atoms with Crippen molar-refractivity contribution in [3.05, 3.63) is 24.3 Å². The van der Waals surface area contributed by atoms with Gasteiger partial charge in [0, 0.05) is 12.8 Å². The number of carbonyl (C=O) groups excluding carboxylic acids is 2. The van der Waals surface area contributed by atoms with Gasteiger partial charge in [0.1, 0.15) is 36.8 Å². The van der Waals surface area contributed by atoms with E-state index < -0.39 is 71.2 Å². The maximum atomic E-state index is 12.7. The van der Waals surface area contributed by atoms with Crippen LogP contribution in [0.5, 0.6) is 0 Å². The Kier molecular flexibility index (Phi) is 28.2. The van der Waals surface area contributed by atoms with Crippen molar-refractivity contribution in [3.63, 3.8) is 0 Å². The fourth-order valence-electron chi connectivity index (χ4n) is 5.89. The van der Waals surface area contributed by atoms with Crippen LogP contribution in [0, 0.1) is 0 Å². The summed E-state index contributed by atoms with van der Waals surface area (Å²) in [4.78, 5) is 25.1. The molecule has 2 unspecified atom stereocenters. The Morgan fingerprint density at radius 3 is 1.75 bits per heavy atom. The van der Waals surface area contributed by atoms with Crippen molar-refractivity contribution in [2.24, 2.45) is 0 Å². The van der Waals surface area contributed by atoms with Crippen molar-refractivity contribution in [2.75, 3.05) is 19.0 Å². The first-order valence-corrected chi connectivity index (χ1v) is 21.5. The maximum Gasteiger partial charge on any atom is 0.306 e. The van der Waals surface area contributed by atoms with Gasteiger partial charge in [0.05, 0.1) is 6.61 Å². The summed E-state index contributed by atoms with van der Waals surface area (Å²) in [5.41, 5.74) is 0. The third-order valence-electron chi connectivity index (χ3n) is 9.03. The first-order valence-electron chi connectivity index (χ1n) is 19.9. The molecule has 12 nitrogen and oxygen atoms in total. The summed E-state index contributed by atoms with van der Waals surface area (Å²) in [6, 6.07) is 0. The second-order valence-electron chi connectivity index (χ2n) is 14.0. The van der Waals surface area contributed by atoms with E-state index in [-0.39, 0.29) is 19.4 Å². The third-order valence-corrected chi connectivity index (χ3v) is 9.78. The number of allylic oxidation sites excluding steroid dienone is 4. The number of hydrogen-bond donors (Lipinski definition) is 4. The Bertz CT molecular complexity index is 1080. The SMILES string of the molecule is CCCCCCCCCCC/C=C/C/C=C/CCCC(=O)O[C@H](COC(=O)CCCCCCCCC)CO[C@H]1O[C@H](CS(=O)(=O)O)[C@@H](O)C(O)C1O. The van der Waals surface area contributed by atoms with Crippen molar-refractivity contribution in [3.8, 4) is 0 Å². The Morgan fingerprint density at radius 2 is 1.17 bits per heavy atom. The van der Waals surface area contributed by atoms with Gasteiger partial charge in [0.15, 0.2) is 12.4 Å². The van der Waals surface area contributed by atoms with E-state index in [0.29, 0.717) is 19.3 Å². The van der Waals surface area contributed by atoms with E-state index in [2.05, 4.69) is 32.1 Å². The number of rotatable bonds is 32. The molecule has 13 heteroatoms. The molecule has 0 aromatic carbocycles. The average Bonchev–Trinajstić information content (AvgIpc) is 3.10. The molecule has 1 aliphatic rings. The molecule has 0 bridgehead atoms. The standard InChI is InChI=1S/C39H70O12S/c1-3-5-7-9-11-12-13-14-15-16-17-18-19-20-22-24-26-28-35(41)50-32(29-48-34(40)27-25-23-21-10-8-6-4-2)30-49-39-38(44)37(43)36(42)33(51-39)31-52(45,46)47/h17-18,20,22,32-33,36-39,42-44H,3-16,19,21,23-31H2,1-2H3,(H,45,46,47)/b18-17+,22-20+/t32-,33-,36-,37?,38?,39+/m1/s1. The van der Waals surface area contributed by atoms with Gasteiger partial charge < -0.3 is 34.3 Å². The molecular formula is C39H70O12S. The fraction of sp³-hybridized carbons (Fsp3) is 0.846. The molecule has 0 radical (unpaired) electrons. The van der Waals surface area contributed by atoms with E-state index in [1.54, 1.807) is 0 Å². The van der Waals surface area contributed by atoms with E-state index in [1.807, 2.05) is 6.08 Å². The minimum Gasteiger partial charge on any atom is -0.462 e. The van der Waals surface area contributed by atoms with Crippen LogP contribution in [0.3, 0.4) is 0 Å². The van der Waals surface area contributed by atoms with Crippen LogP contribution in [0.2, 0.25) is 0 Å². The summed E-state index contributed by atoms with van der Waals surface area (Å²) in [5, 5.41) is 30.7. The lowest BCUT2D eigenvalue weighted by molar-refractivity contribution is -0.297. The molecule has 0 spiro atoms. The van der Waals surface area contributed by atoms with Crippen LogP contribution in [-0.4, -0.2) is 96.0 Å². The van der Waals surface area contributed by atoms with Crippen LogP contribution in [-0.2, 0) is 38.7 Å². The molecule has 1 fully saturated rings. The lowest BCUT2D eigenvalue weighted by atomic mass is 10.00. The number of unbranched alkanes of at least 4 members (excludes halogenated alkanes) is 16. The Morgan fingerprint density at radius 1 is 0.654 bits per heavy atom. The topological polar surface area (TPSA) is 186 Å². The summed E-state index contributed by atoms with van der Waals surface area (Å²) in [7, 11) is -4.60. The highest BCUT2D eigenvalue weighted by atomic mass is 32.2. The number of aliphatic hydroxyl groups excluding tert-OH is 3. The molecule has 0 amide bonds. The zero-order chi connectivity index (χ0) is 38.5. The van der Waals surface area contributed by atoms with Crippen LogP contribution >= 0.6 is 0 Å². The smallest absolute Gasteiger partial charge is 0.306 e. The second-order valence-corrected chi connectivity index (χ2v) is 15.4. The highest BCUT2D eigenvalue weighted by molar-refractivity contribution is 7.85. The normalized spacial score (nSPS) is 21.5. The average molecular weight is 763 g/mol. The molecule has 0 aliphatic carbocycles. The summed E-state index contributed by atoms with van der Waals surface area (Å²) in [6.45, 7) is 3.65. The molecule has 1 rings (SSSR count). The summed E-state index contributed by atoms with van der Waals surface area (Å²) in [5.74, 6) is -2.05. The molecule has 0 saturated carbocycles. The van der Waals surface area contributed by atoms with Crippen LogP contribution in [0.15, 0.2) is 24.3 Å². The zero-order valence-corrected chi connectivity index (χ0v) is 32.7. The van der Waals surface area contributed by atoms with Gasteiger partial charge in [-0.25, -0.2) is 0 Å². The first kappa shape index (κ1) is 48.1. The molecular weight excluding hydrogens is 692 g/mol. The molecule has 6 atom stereocenters. The van der Waals surface area contributed by atoms with E-state index in [9.17, 15) is 37.9 Å². The summed E-state index contributed by atoms with van der Waals surface area (Å²) >= 11 is 0. The van der Waals surface area contributed by atoms with Crippen molar-refractivity contribution < 1.29 is 56.8 Å². The van der Waals surface area contributed by atoms with Gasteiger partial charge in [-0.1, -0.05) is 128 Å². The highest BCUT2D eigenvalue weighted by Crippen LogP contribution is 2.24. The predicted octanol–water partition coefficient (Wildman–Crippen LogP) is 6.89. The van der Waals surface area contributed by atoms with Crippen molar-refractivity contribution in [1.82, 2.24) is 0 Å². The Hall–Kier alpha value is -1.87. The van der Waals surface area contributed by atoms with Gasteiger partial charge in [-0.2, -0.15) is 8.42 Å². The van der Waals surface area contributed by atoms with Crippen molar-refractivity contribution in [2.45, 2.75) is 192 Å². The molecule has 4 N–H and O–H groups in total. The van der Waals surface area contributed by atoms with Crippen LogP contribution in [0.25, 0.3) is 0 Å². The van der Waals surface area contributed by atoms with Gasteiger partial charge in [-0.3, -0.25) is 14.1 Å². The fourth-order valence-corrected chi connectivity index (χ4v) is 6.58. The first-order chi connectivity index (χ1) is 25.0. The molecule has 52 heavy (non-hydrogen) atoms. The predicted molar refractivity (Wildman–Crippen MR) is 201 cm³/mol. The summed E-state index contributed by atoms with van der Waals surface area (Å²) in [6.07, 6.45) is 21.3. The van der Waals surface area contributed by atoms with Crippen LogP contribution in [0.1, 0.15) is 155 Å². The Labute approximate surface area is 313 Å². The minimum absolute atomic E-state index is 0.102. The van der Waals surface area contributed by atoms with Crippen LogP contribution in [0.4, 0.5) is 0 Å². The molecule has 0 aromatic heterocycles. The number of hydrogen-bond acceptors (Lipinski definition) is 11. The van der Waals surface area contributed by atoms with Gasteiger partial charge in [-0.05, 0) is 38.5 Å². The molecule has 0 aromatic rings. The lowest BCUT2D eigenvalue weighted by Crippen LogP contribution is -2.60. The molecule has 304 valence electrons. The number of ether oxygens (including phenoxy) is 4. The van der Waals surface area contributed by atoms with Gasteiger partial charge >= 0.3 is 11.9 Å². The van der Waals surface area contributed by atoms with E-state index >= 15 is 0 Å². The monoisotopic (exact) mass is 762 g/mol. The Balaban J connectivity index is 2.50. The van der Waals surface area contributed by atoms with E-state index in [1.165, 1.54) is 70.6 Å². The van der Waals surface area contributed by atoms with Gasteiger partial charge in [0.25, 0.3) is 10.1 Å². The number of esters is 2. The quantitative estimate of drug-likeness (QED) is 0.0241. The second kappa shape index (κ2) is 30.5. The maximum absolute atomic E-state index is 12.7. The van der Waals surface area contributed by atoms with Crippen LogP contribution < -0.4 is 0 Å². The largest absolute Gasteiger partial charge is 0.462 e. The van der Waals surface area contributed by atoms with E-state index in [4.69, 9.17) is 18.9 Å². The van der Waals surface area contributed by atoms with E-state index in [0.717, 1.165) is 38.5 Å². The minimum atomic E-state index is -4.60. The lowest BCUT2D eigenvalue weighted by Gasteiger charge is -2.40. The van der Waals surface area contributed by atoms with Gasteiger partial charge in [-0.15, -0.1) is 0 Å². The highest BCUT2D eigenvalue weighted by Gasteiger charge is 2.46. The van der Waals surface area contributed by atoms with Crippen molar-refractivity contribution >= 4 is 22.1 Å². The van der Waals surface area contributed by atoms with Gasteiger partial charge in [0.2, 0.25) is 0 Å². The molecule has 1 heterocycles. The summed E-state index contributed by atoms with van der Waals surface area (Å²) < 4.78 is 53.7.